The summed E-state index contributed by atoms with van der Waals surface area (Å²) in [6, 6.07) is 18.8. The molecule has 1 heterocycles. The number of aliphatic hydroxyl groups excluding tert-OH is 1. The molecule has 4 heteroatoms. The van der Waals surface area contributed by atoms with Gasteiger partial charge in [-0.05, 0) is 31.0 Å². The Morgan fingerprint density at radius 1 is 1.09 bits per heavy atom. The smallest absolute Gasteiger partial charge is 0.257 e. The van der Waals surface area contributed by atoms with E-state index >= 15 is 0 Å². The van der Waals surface area contributed by atoms with E-state index in [1.807, 2.05) is 60.7 Å². The lowest BCUT2D eigenvalue weighted by molar-refractivity contribution is -0.116. The largest absolute Gasteiger partial charge is 0.509 e. The van der Waals surface area contributed by atoms with Gasteiger partial charge in [-0.15, -0.1) is 0 Å². The van der Waals surface area contributed by atoms with Crippen molar-refractivity contribution in [2.75, 3.05) is 0 Å². The minimum absolute atomic E-state index is 0.0658. The second kappa shape index (κ2) is 6.48. The minimum atomic E-state index is -0.402. The molecule has 0 aromatic heterocycles. The van der Waals surface area contributed by atoms with E-state index in [0.717, 1.165) is 11.3 Å². The molecule has 0 bridgehead atoms. The van der Waals surface area contributed by atoms with Crippen molar-refractivity contribution in [3.05, 3.63) is 77.6 Å². The van der Waals surface area contributed by atoms with Gasteiger partial charge in [-0.3, -0.25) is 9.79 Å². The van der Waals surface area contributed by atoms with Gasteiger partial charge in [0.1, 0.15) is 11.3 Å². The highest BCUT2D eigenvalue weighted by Crippen LogP contribution is 2.22. The fourth-order valence-electron chi connectivity index (χ4n) is 2.69. The van der Waals surface area contributed by atoms with Gasteiger partial charge in [0.25, 0.3) is 5.91 Å². The Labute approximate surface area is 135 Å². The van der Waals surface area contributed by atoms with Crippen molar-refractivity contribution < 1.29 is 9.90 Å². The molecule has 2 aromatic carbocycles. The fourth-order valence-corrected chi connectivity index (χ4v) is 2.69. The summed E-state index contributed by atoms with van der Waals surface area (Å²) >= 11 is 0. The van der Waals surface area contributed by atoms with E-state index < -0.39 is 6.04 Å². The molecule has 3 rings (SSSR count). The average molecular weight is 306 g/mol. The lowest BCUT2D eigenvalue weighted by Crippen LogP contribution is -2.31. The number of hydrogen-bond donors (Lipinski definition) is 2. The molecule has 0 saturated carbocycles. The molecular formula is C19H18N2O2. The summed E-state index contributed by atoms with van der Waals surface area (Å²) in [6.07, 6.45) is 0.556. The number of benzene rings is 2. The van der Waals surface area contributed by atoms with Crippen LogP contribution in [-0.2, 0) is 11.2 Å². The molecule has 1 atom stereocenters. The van der Waals surface area contributed by atoms with Crippen LogP contribution in [-0.4, -0.2) is 22.8 Å². The molecule has 2 aromatic rings. The van der Waals surface area contributed by atoms with Crippen molar-refractivity contribution in [1.82, 2.24) is 5.32 Å². The Balaban J connectivity index is 1.86. The molecule has 1 amide bonds. The van der Waals surface area contributed by atoms with Crippen LogP contribution in [0.15, 0.2) is 77.0 Å². The zero-order valence-electron chi connectivity index (χ0n) is 12.9. The second-order valence-electron chi connectivity index (χ2n) is 5.51. The van der Waals surface area contributed by atoms with E-state index in [0.29, 0.717) is 12.1 Å². The lowest BCUT2D eigenvalue weighted by Gasteiger charge is -2.10. The van der Waals surface area contributed by atoms with E-state index in [9.17, 15) is 9.90 Å². The minimum Gasteiger partial charge on any atom is -0.509 e. The van der Waals surface area contributed by atoms with Crippen LogP contribution < -0.4 is 5.32 Å². The number of nitrogens with one attached hydrogen (secondary N) is 1. The zero-order chi connectivity index (χ0) is 16.2. The highest BCUT2D eigenvalue weighted by molar-refractivity contribution is 6.23. The molecular weight excluding hydrogens is 288 g/mol. The molecule has 0 radical (unpaired) electrons. The maximum atomic E-state index is 12.2. The van der Waals surface area contributed by atoms with Crippen LogP contribution in [0.25, 0.3) is 0 Å². The Morgan fingerprint density at radius 3 is 2.35 bits per heavy atom. The Morgan fingerprint density at radius 2 is 1.70 bits per heavy atom. The van der Waals surface area contributed by atoms with Gasteiger partial charge in [-0.25, -0.2) is 0 Å². The van der Waals surface area contributed by atoms with Gasteiger partial charge in [0, 0.05) is 0 Å². The topological polar surface area (TPSA) is 61.7 Å². The van der Waals surface area contributed by atoms with E-state index in [4.69, 9.17) is 0 Å². The molecule has 4 nitrogen and oxygen atoms in total. The Kier molecular flexibility index (Phi) is 4.24. The molecule has 1 aliphatic rings. The quantitative estimate of drug-likeness (QED) is 0.851. The molecule has 0 unspecified atom stereocenters. The Bertz CT molecular complexity index is 764. The lowest BCUT2D eigenvalue weighted by atomic mass is 10.0. The molecule has 2 N–H and O–H groups in total. The van der Waals surface area contributed by atoms with Gasteiger partial charge >= 0.3 is 0 Å². The number of hydrogen-bond acceptors (Lipinski definition) is 3. The number of carbonyl (C=O) groups excluding carboxylic acids is 1. The number of amides is 1. The zero-order valence-corrected chi connectivity index (χ0v) is 12.9. The van der Waals surface area contributed by atoms with Crippen molar-refractivity contribution in [2.24, 2.45) is 4.99 Å². The number of aliphatic imine (C=N–C) groups is 1. The maximum absolute atomic E-state index is 12.2. The summed E-state index contributed by atoms with van der Waals surface area (Å²) in [4.78, 5) is 16.6. The molecule has 0 spiro atoms. The van der Waals surface area contributed by atoms with Crippen LogP contribution in [0.3, 0.4) is 0 Å². The monoisotopic (exact) mass is 306 g/mol. The van der Waals surface area contributed by atoms with Crippen LogP contribution in [0.2, 0.25) is 0 Å². The van der Waals surface area contributed by atoms with Crippen molar-refractivity contribution in [3.8, 4) is 0 Å². The van der Waals surface area contributed by atoms with E-state index in [1.165, 1.54) is 0 Å². The number of nitrogens with zero attached hydrogens (tertiary/aromatic N) is 1. The molecule has 0 aliphatic carbocycles. The van der Waals surface area contributed by atoms with Crippen LogP contribution in [0.1, 0.15) is 12.5 Å². The van der Waals surface area contributed by atoms with Gasteiger partial charge in [0.2, 0.25) is 0 Å². The standard InChI is InChI=1S/C19H18N2O2/c1-13(20-15-10-6-3-7-11-15)17-18(22)16(21-19(17)23)12-14-8-4-2-5-9-14/h2-11,16,22H,12H2,1H3,(H,21,23)/t16-/m1/s1. The van der Waals surface area contributed by atoms with Gasteiger partial charge in [-0.2, -0.15) is 0 Å². The highest BCUT2D eigenvalue weighted by atomic mass is 16.3. The predicted molar refractivity (Wildman–Crippen MR) is 90.9 cm³/mol. The first-order valence-corrected chi connectivity index (χ1v) is 7.54. The van der Waals surface area contributed by atoms with Crippen LogP contribution in [0, 0.1) is 0 Å². The number of para-hydroxylation sites is 1. The van der Waals surface area contributed by atoms with Gasteiger partial charge in [-0.1, -0.05) is 48.5 Å². The Hall–Kier alpha value is -2.88. The summed E-state index contributed by atoms with van der Waals surface area (Å²) < 4.78 is 0. The first-order valence-electron chi connectivity index (χ1n) is 7.54. The summed E-state index contributed by atoms with van der Waals surface area (Å²) in [7, 11) is 0. The number of carbonyl (C=O) groups is 1. The van der Waals surface area contributed by atoms with Crippen molar-refractivity contribution >= 4 is 17.3 Å². The van der Waals surface area contributed by atoms with E-state index in [2.05, 4.69) is 10.3 Å². The normalized spacial score (nSPS) is 18.2. The van der Waals surface area contributed by atoms with E-state index in [1.54, 1.807) is 6.92 Å². The third kappa shape index (κ3) is 3.31. The van der Waals surface area contributed by atoms with Crippen LogP contribution >= 0.6 is 0 Å². The van der Waals surface area contributed by atoms with Gasteiger partial charge < -0.3 is 10.4 Å². The third-order valence-electron chi connectivity index (χ3n) is 3.82. The summed E-state index contributed by atoms with van der Waals surface area (Å²) in [5.41, 5.74) is 2.60. The summed E-state index contributed by atoms with van der Waals surface area (Å²) in [5.74, 6) is -0.211. The third-order valence-corrected chi connectivity index (χ3v) is 3.82. The number of aliphatic hydroxyl groups is 1. The van der Waals surface area contributed by atoms with Crippen LogP contribution in [0.4, 0.5) is 5.69 Å². The van der Waals surface area contributed by atoms with Crippen molar-refractivity contribution in [2.45, 2.75) is 19.4 Å². The first-order chi connectivity index (χ1) is 11.1. The first kappa shape index (κ1) is 15.0. The van der Waals surface area contributed by atoms with Gasteiger partial charge in [0.15, 0.2) is 0 Å². The predicted octanol–water partition coefficient (Wildman–Crippen LogP) is 3.33. The SMILES string of the molecule is CC(=Nc1ccccc1)C1=C(O)[C@@H](Cc2ccccc2)NC1=O. The molecule has 23 heavy (non-hydrogen) atoms. The van der Waals surface area contributed by atoms with E-state index in [-0.39, 0.29) is 17.2 Å². The average Bonchev–Trinajstić information content (AvgIpc) is 2.83. The van der Waals surface area contributed by atoms with Crippen molar-refractivity contribution in [3.63, 3.8) is 0 Å². The highest BCUT2D eigenvalue weighted by Gasteiger charge is 2.33. The molecule has 0 fully saturated rings. The maximum Gasteiger partial charge on any atom is 0.257 e. The van der Waals surface area contributed by atoms with Gasteiger partial charge in [0.05, 0.1) is 17.4 Å². The summed E-state index contributed by atoms with van der Waals surface area (Å²) in [5, 5.41) is 13.3. The second-order valence-corrected chi connectivity index (χ2v) is 5.51. The number of rotatable bonds is 4. The van der Waals surface area contributed by atoms with Crippen LogP contribution in [0.5, 0.6) is 0 Å². The van der Waals surface area contributed by atoms with Crippen molar-refractivity contribution in [1.29, 1.82) is 0 Å². The fraction of sp³-hybridized carbons (Fsp3) is 0.158. The molecule has 0 saturated heterocycles. The summed E-state index contributed by atoms with van der Waals surface area (Å²) in [6.45, 7) is 1.74. The molecule has 116 valence electrons. The molecule has 1 aliphatic heterocycles.